The number of thiol groups is 2. The second kappa shape index (κ2) is 7.00. The number of carbonyl (C=O) groups is 2. The molecule has 2 atom stereocenters. The molecule has 0 saturated heterocycles. The number of rotatable bonds is 6. The molecule has 14 heavy (non-hydrogen) atoms. The molecule has 0 spiro atoms. The average molecular weight is 238 g/mol. The minimum absolute atomic E-state index is 0.297. The Hall–Kier alpha value is -0.360. The van der Waals surface area contributed by atoms with Crippen LogP contribution in [-0.2, 0) is 14.3 Å². The number of carboxylic acids is 1. The van der Waals surface area contributed by atoms with E-state index in [1.165, 1.54) is 0 Å². The monoisotopic (exact) mass is 238 g/mol. The molecule has 4 nitrogen and oxygen atoms in total. The van der Waals surface area contributed by atoms with Gasteiger partial charge in [0.2, 0.25) is 0 Å². The summed E-state index contributed by atoms with van der Waals surface area (Å²) in [5, 5.41) is 7.20. The van der Waals surface area contributed by atoms with E-state index in [-0.39, 0.29) is 0 Å². The van der Waals surface area contributed by atoms with Gasteiger partial charge >= 0.3 is 11.9 Å². The Balaban J connectivity index is 3.78. The van der Waals surface area contributed by atoms with Crippen LogP contribution in [0.25, 0.3) is 0 Å². The van der Waals surface area contributed by atoms with Crippen LogP contribution < -0.4 is 0 Å². The van der Waals surface area contributed by atoms with Gasteiger partial charge in [-0.2, -0.15) is 25.3 Å². The summed E-state index contributed by atoms with van der Waals surface area (Å²) in [5.74, 6) is -1.40. The number of hydrogen-bond donors (Lipinski definition) is 3. The molecule has 0 radical (unpaired) electrons. The molecule has 0 amide bonds. The van der Waals surface area contributed by atoms with Gasteiger partial charge in [-0.25, -0.2) is 0 Å². The van der Waals surface area contributed by atoms with Gasteiger partial charge in [0.05, 0.1) is 17.1 Å². The Kier molecular flexibility index (Phi) is 6.82. The van der Waals surface area contributed by atoms with Crippen LogP contribution in [-0.4, -0.2) is 34.2 Å². The van der Waals surface area contributed by atoms with Crippen molar-refractivity contribution in [1.82, 2.24) is 0 Å². The third-order valence-electron chi connectivity index (χ3n) is 1.56. The molecular formula is C8H14O4S2. The summed E-state index contributed by atoms with van der Waals surface area (Å²) in [5.41, 5.74) is 0. The Labute approximate surface area is 93.8 Å². The molecule has 0 aliphatic carbocycles. The van der Waals surface area contributed by atoms with Gasteiger partial charge < -0.3 is 9.84 Å². The molecule has 2 unspecified atom stereocenters. The minimum Gasteiger partial charge on any atom is -0.480 e. The summed E-state index contributed by atoms with van der Waals surface area (Å²) in [6.45, 7) is 2.01. The van der Waals surface area contributed by atoms with Crippen LogP contribution in [0.4, 0.5) is 0 Å². The summed E-state index contributed by atoms with van der Waals surface area (Å²) in [7, 11) is 0. The van der Waals surface area contributed by atoms with Crippen LogP contribution in [0.15, 0.2) is 0 Å². The molecule has 0 fully saturated rings. The largest absolute Gasteiger partial charge is 0.480 e. The van der Waals surface area contributed by atoms with Crippen LogP contribution >= 0.6 is 25.3 Å². The van der Waals surface area contributed by atoms with Crippen LogP contribution in [0.1, 0.15) is 19.8 Å². The van der Waals surface area contributed by atoms with Crippen molar-refractivity contribution in [2.24, 2.45) is 0 Å². The molecule has 0 aromatic rings. The SMILES string of the molecule is CCOC(=O)C(S)CCC(S)C(=O)O. The quantitative estimate of drug-likeness (QED) is 0.477. The predicted molar refractivity (Wildman–Crippen MR) is 59.1 cm³/mol. The molecule has 82 valence electrons. The Morgan fingerprint density at radius 1 is 1.29 bits per heavy atom. The van der Waals surface area contributed by atoms with Crippen molar-refractivity contribution in [3.05, 3.63) is 0 Å². The van der Waals surface area contributed by atoms with Gasteiger partial charge in [-0.3, -0.25) is 9.59 Å². The van der Waals surface area contributed by atoms with Crippen LogP contribution in [0.2, 0.25) is 0 Å². The van der Waals surface area contributed by atoms with E-state index in [2.05, 4.69) is 25.3 Å². The van der Waals surface area contributed by atoms with E-state index < -0.39 is 22.4 Å². The first kappa shape index (κ1) is 13.6. The van der Waals surface area contributed by atoms with Crippen LogP contribution in [0.3, 0.4) is 0 Å². The fourth-order valence-corrected chi connectivity index (χ4v) is 1.17. The van der Waals surface area contributed by atoms with Gasteiger partial charge in [0.15, 0.2) is 0 Å². The molecule has 1 N–H and O–H groups in total. The van der Waals surface area contributed by atoms with Crippen molar-refractivity contribution < 1.29 is 19.4 Å². The predicted octanol–water partition coefficient (Wildman–Crippen LogP) is 1.01. The number of esters is 1. The number of ether oxygens (including phenoxy) is 1. The van der Waals surface area contributed by atoms with Crippen molar-refractivity contribution in [3.63, 3.8) is 0 Å². The lowest BCUT2D eigenvalue weighted by Gasteiger charge is -2.10. The van der Waals surface area contributed by atoms with Gasteiger partial charge in [0, 0.05) is 0 Å². The first-order chi connectivity index (χ1) is 6.49. The Morgan fingerprint density at radius 2 is 1.79 bits per heavy atom. The zero-order valence-electron chi connectivity index (χ0n) is 7.84. The molecule has 0 aromatic heterocycles. The van der Waals surface area contributed by atoms with Crippen LogP contribution in [0, 0.1) is 0 Å². The van der Waals surface area contributed by atoms with Crippen molar-refractivity contribution in [2.45, 2.75) is 30.3 Å². The third kappa shape index (κ3) is 5.39. The summed E-state index contributed by atoms with van der Waals surface area (Å²) < 4.78 is 4.71. The van der Waals surface area contributed by atoms with E-state index in [1.807, 2.05) is 0 Å². The van der Waals surface area contributed by atoms with E-state index in [1.54, 1.807) is 6.92 Å². The maximum Gasteiger partial charge on any atom is 0.318 e. The van der Waals surface area contributed by atoms with Crippen molar-refractivity contribution in [3.8, 4) is 0 Å². The number of hydrogen-bond acceptors (Lipinski definition) is 5. The van der Waals surface area contributed by atoms with Crippen molar-refractivity contribution in [2.75, 3.05) is 6.61 Å². The summed E-state index contributed by atoms with van der Waals surface area (Å²) >= 11 is 7.84. The fraction of sp³-hybridized carbons (Fsp3) is 0.750. The summed E-state index contributed by atoms with van der Waals surface area (Å²) in [4.78, 5) is 21.4. The number of aliphatic carboxylic acids is 1. The average Bonchev–Trinajstić information content (AvgIpc) is 2.13. The third-order valence-corrected chi connectivity index (χ3v) is 2.51. The minimum atomic E-state index is -0.988. The lowest BCUT2D eigenvalue weighted by molar-refractivity contribution is -0.143. The topological polar surface area (TPSA) is 63.6 Å². The lowest BCUT2D eigenvalue weighted by atomic mass is 10.2. The fourth-order valence-electron chi connectivity index (χ4n) is 0.796. The maximum atomic E-state index is 11.1. The Morgan fingerprint density at radius 3 is 2.21 bits per heavy atom. The molecule has 0 saturated carbocycles. The smallest absolute Gasteiger partial charge is 0.318 e. The first-order valence-electron chi connectivity index (χ1n) is 4.24. The molecule has 0 bridgehead atoms. The lowest BCUT2D eigenvalue weighted by Crippen LogP contribution is -2.21. The van der Waals surface area contributed by atoms with E-state index in [0.29, 0.717) is 19.4 Å². The van der Waals surface area contributed by atoms with Gasteiger partial charge in [0.1, 0.15) is 0 Å². The number of carbonyl (C=O) groups excluding carboxylic acids is 1. The highest BCUT2D eigenvalue weighted by molar-refractivity contribution is 7.82. The van der Waals surface area contributed by atoms with E-state index in [0.717, 1.165) is 0 Å². The van der Waals surface area contributed by atoms with Gasteiger partial charge in [-0.1, -0.05) is 0 Å². The molecule has 0 aliphatic heterocycles. The summed E-state index contributed by atoms with van der Waals surface area (Å²) in [6.07, 6.45) is 0.647. The van der Waals surface area contributed by atoms with Crippen LogP contribution in [0.5, 0.6) is 0 Å². The molecule has 6 heteroatoms. The zero-order chi connectivity index (χ0) is 11.1. The normalized spacial score (nSPS) is 14.5. The molecule has 0 aliphatic rings. The van der Waals surface area contributed by atoms with Gasteiger partial charge in [0.25, 0.3) is 0 Å². The Bertz CT molecular complexity index is 208. The maximum absolute atomic E-state index is 11.1. The van der Waals surface area contributed by atoms with Crippen molar-refractivity contribution in [1.29, 1.82) is 0 Å². The molecular weight excluding hydrogens is 224 g/mol. The second-order valence-corrected chi connectivity index (χ2v) is 3.95. The molecule has 0 aromatic carbocycles. The van der Waals surface area contributed by atoms with Gasteiger partial charge in [-0.15, -0.1) is 0 Å². The van der Waals surface area contributed by atoms with E-state index in [9.17, 15) is 9.59 Å². The van der Waals surface area contributed by atoms with Crippen molar-refractivity contribution >= 4 is 37.2 Å². The second-order valence-electron chi connectivity index (χ2n) is 2.70. The highest BCUT2D eigenvalue weighted by Crippen LogP contribution is 2.12. The summed E-state index contributed by atoms with van der Waals surface area (Å²) in [6, 6.07) is 0. The molecule has 0 rings (SSSR count). The molecule has 0 heterocycles. The number of carboxylic acid groups (broad SMARTS) is 1. The van der Waals surface area contributed by atoms with Gasteiger partial charge in [-0.05, 0) is 19.8 Å². The van der Waals surface area contributed by atoms with E-state index >= 15 is 0 Å². The standard InChI is InChI=1S/C8H14O4S2/c1-2-12-8(11)6(14)4-3-5(13)7(9)10/h5-6,13-14H,2-4H2,1H3,(H,9,10). The zero-order valence-corrected chi connectivity index (χ0v) is 9.63. The highest BCUT2D eigenvalue weighted by atomic mass is 32.1. The first-order valence-corrected chi connectivity index (χ1v) is 5.27. The highest BCUT2D eigenvalue weighted by Gasteiger charge is 2.19. The van der Waals surface area contributed by atoms with E-state index in [4.69, 9.17) is 9.84 Å².